The fourth-order valence-electron chi connectivity index (χ4n) is 3.64. The number of hydrogen-bond acceptors (Lipinski definition) is 3. The van der Waals surface area contributed by atoms with Crippen molar-refractivity contribution >= 4 is 6.09 Å². The van der Waals surface area contributed by atoms with Crippen molar-refractivity contribution in [3.63, 3.8) is 0 Å². The predicted molar refractivity (Wildman–Crippen MR) is 76.1 cm³/mol. The van der Waals surface area contributed by atoms with Gasteiger partial charge in [-0.05, 0) is 38.0 Å². The molecule has 0 aromatic heterocycles. The smallest absolute Gasteiger partial charge is 0.409 e. The fourth-order valence-corrected chi connectivity index (χ4v) is 3.64. The zero-order valence-corrected chi connectivity index (χ0v) is 12.6. The minimum absolute atomic E-state index is 0.138. The number of likely N-dealkylation sites (tertiary alicyclic amines) is 2. The molecule has 0 radical (unpaired) electrons. The quantitative estimate of drug-likeness (QED) is 0.771. The maximum Gasteiger partial charge on any atom is 0.409 e. The highest BCUT2D eigenvalue weighted by Crippen LogP contribution is 2.26. The van der Waals surface area contributed by atoms with Crippen LogP contribution in [-0.2, 0) is 4.74 Å². The van der Waals surface area contributed by atoms with Gasteiger partial charge >= 0.3 is 6.09 Å². The third kappa shape index (κ3) is 3.85. The van der Waals surface area contributed by atoms with Crippen LogP contribution in [0.4, 0.5) is 4.79 Å². The summed E-state index contributed by atoms with van der Waals surface area (Å²) < 4.78 is 5.07. The SMILES string of the molecule is CCOC(=O)N1CCC(N2C[C@@H](C)C[C@H](C)C2)CC1. The first-order valence-corrected chi connectivity index (χ1v) is 7.75. The molecule has 0 bridgehead atoms. The molecule has 0 N–H and O–H groups in total. The Balaban J connectivity index is 1.81. The Kier molecular flexibility index (Phi) is 5.08. The average Bonchev–Trinajstić information content (AvgIpc) is 2.38. The van der Waals surface area contributed by atoms with Crippen molar-refractivity contribution in [2.75, 3.05) is 32.8 Å². The molecule has 2 saturated heterocycles. The van der Waals surface area contributed by atoms with Crippen molar-refractivity contribution in [2.45, 2.75) is 46.1 Å². The Morgan fingerprint density at radius 2 is 1.74 bits per heavy atom. The molecular formula is C15H28N2O2. The van der Waals surface area contributed by atoms with Gasteiger partial charge in [-0.15, -0.1) is 0 Å². The van der Waals surface area contributed by atoms with Crippen LogP contribution in [0.2, 0.25) is 0 Å². The average molecular weight is 268 g/mol. The number of amides is 1. The van der Waals surface area contributed by atoms with Crippen LogP contribution in [0.25, 0.3) is 0 Å². The molecule has 0 aromatic carbocycles. The van der Waals surface area contributed by atoms with E-state index in [1.807, 2.05) is 11.8 Å². The van der Waals surface area contributed by atoms with E-state index < -0.39 is 0 Å². The predicted octanol–water partition coefficient (Wildman–Crippen LogP) is 2.59. The van der Waals surface area contributed by atoms with Crippen molar-refractivity contribution in [3.05, 3.63) is 0 Å². The first-order valence-electron chi connectivity index (χ1n) is 7.75. The van der Waals surface area contributed by atoms with Gasteiger partial charge in [-0.2, -0.15) is 0 Å². The lowest BCUT2D eigenvalue weighted by molar-refractivity contribution is 0.0467. The minimum Gasteiger partial charge on any atom is -0.450 e. The van der Waals surface area contributed by atoms with E-state index in [9.17, 15) is 4.79 Å². The van der Waals surface area contributed by atoms with E-state index in [0.29, 0.717) is 12.6 Å². The van der Waals surface area contributed by atoms with Crippen molar-refractivity contribution in [2.24, 2.45) is 11.8 Å². The van der Waals surface area contributed by atoms with Crippen LogP contribution in [0.1, 0.15) is 40.0 Å². The Morgan fingerprint density at radius 3 is 2.26 bits per heavy atom. The third-order valence-electron chi connectivity index (χ3n) is 4.40. The molecule has 2 rings (SSSR count). The van der Waals surface area contributed by atoms with E-state index in [2.05, 4.69) is 18.7 Å². The summed E-state index contributed by atoms with van der Waals surface area (Å²) in [7, 11) is 0. The van der Waals surface area contributed by atoms with E-state index >= 15 is 0 Å². The molecule has 0 unspecified atom stereocenters. The topological polar surface area (TPSA) is 32.8 Å². The molecule has 2 heterocycles. The van der Waals surface area contributed by atoms with Crippen LogP contribution >= 0.6 is 0 Å². The fraction of sp³-hybridized carbons (Fsp3) is 0.933. The lowest BCUT2D eigenvalue weighted by Crippen LogP contribution is -2.50. The Morgan fingerprint density at radius 1 is 1.16 bits per heavy atom. The number of carbonyl (C=O) groups excluding carboxylic acids is 1. The molecule has 2 aliphatic rings. The number of hydrogen-bond donors (Lipinski definition) is 0. The molecule has 0 saturated carbocycles. The summed E-state index contributed by atoms with van der Waals surface area (Å²) in [5, 5.41) is 0. The van der Waals surface area contributed by atoms with Crippen LogP contribution in [-0.4, -0.2) is 54.7 Å². The van der Waals surface area contributed by atoms with Crippen molar-refractivity contribution in [3.8, 4) is 0 Å². The summed E-state index contributed by atoms with van der Waals surface area (Å²) in [6.45, 7) is 11.2. The zero-order valence-electron chi connectivity index (χ0n) is 12.6. The summed E-state index contributed by atoms with van der Waals surface area (Å²) in [6.07, 6.45) is 3.41. The second-order valence-corrected chi connectivity index (χ2v) is 6.32. The van der Waals surface area contributed by atoms with Crippen LogP contribution in [0.5, 0.6) is 0 Å². The van der Waals surface area contributed by atoms with Crippen molar-refractivity contribution in [1.82, 2.24) is 9.80 Å². The molecule has 2 aliphatic heterocycles. The molecule has 4 heteroatoms. The van der Waals surface area contributed by atoms with Gasteiger partial charge in [-0.1, -0.05) is 13.8 Å². The van der Waals surface area contributed by atoms with Crippen LogP contribution in [0.15, 0.2) is 0 Å². The summed E-state index contributed by atoms with van der Waals surface area (Å²) in [5.74, 6) is 1.62. The van der Waals surface area contributed by atoms with Crippen LogP contribution in [0, 0.1) is 11.8 Å². The molecule has 0 aromatic rings. The summed E-state index contributed by atoms with van der Waals surface area (Å²) in [5.41, 5.74) is 0. The van der Waals surface area contributed by atoms with Gasteiger partial charge in [-0.25, -0.2) is 4.79 Å². The van der Waals surface area contributed by atoms with Crippen LogP contribution in [0.3, 0.4) is 0 Å². The maximum absolute atomic E-state index is 11.7. The number of piperidine rings is 2. The van der Waals surface area contributed by atoms with E-state index in [0.717, 1.165) is 37.8 Å². The molecular weight excluding hydrogens is 240 g/mol. The Hall–Kier alpha value is -0.770. The number of ether oxygens (including phenoxy) is 1. The highest BCUT2D eigenvalue weighted by molar-refractivity contribution is 5.67. The lowest BCUT2D eigenvalue weighted by Gasteiger charge is -2.43. The largest absolute Gasteiger partial charge is 0.450 e. The maximum atomic E-state index is 11.7. The normalized spacial score (nSPS) is 30.4. The molecule has 4 nitrogen and oxygen atoms in total. The van der Waals surface area contributed by atoms with Gasteiger partial charge in [0.15, 0.2) is 0 Å². The van der Waals surface area contributed by atoms with Gasteiger partial charge in [0.1, 0.15) is 0 Å². The van der Waals surface area contributed by atoms with Gasteiger partial charge in [0.05, 0.1) is 6.61 Å². The molecule has 2 fully saturated rings. The number of carbonyl (C=O) groups is 1. The van der Waals surface area contributed by atoms with Gasteiger partial charge < -0.3 is 9.64 Å². The van der Waals surface area contributed by atoms with Gasteiger partial charge in [0, 0.05) is 32.2 Å². The van der Waals surface area contributed by atoms with E-state index in [-0.39, 0.29) is 6.09 Å². The van der Waals surface area contributed by atoms with Gasteiger partial charge in [0.25, 0.3) is 0 Å². The molecule has 0 aliphatic carbocycles. The Bertz CT molecular complexity index is 291. The third-order valence-corrected chi connectivity index (χ3v) is 4.40. The van der Waals surface area contributed by atoms with Gasteiger partial charge in [0.2, 0.25) is 0 Å². The van der Waals surface area contributed by atoms with Crippen molar-refractivity contribution < 1.29 is 9.53 Å². The molecule has 0 spiro atoms. The Labute approximate surface area is 117 Å². The molecule has 110 valence electrons. The minimum atomic E-state index is -0.138. The van der Waals surface area contributed by atoms with E-state index in [1.54, 1.807) is 0 Å². The lowest BCUT2D eigenvalue weighted by atomic mass is 9.89. The number of nitrogens with zero attached hydrogens (tertiary/aromatic N) is 2. The standard InChI is InChI=1S/C15H28N2O2/c1-4-19-15(18)16-7-5-14(6-8-16)17-10-12(2)9-13(3)11-17/h12-14H,4-11H2,1-3H3/t12-,13-/m0/s1. The summed E-state index contributed by atoms with van der Waals surface area (Å²) >= 11 is 0. The molecule has 19 heavy (non-hydrogen) atoms. The van der Waals surface area contributed by atoms with E-state index in [4.69, 9.17) is 4.74 Å². The molecule has 2 atom stereocenters. The molecule has 1 amide bonds. The highest BCUT2D eigenvalue weighted by Gasteiger charge is 2.31. The summed E-state index contributed by atoms with van der Waals surface area (Å²) in [6, 6.07) is 0.663. The number of rotatable bonds is 2. The van der Waals surface area contributed by atoms with Crippen LogP contribution < -0.4 is 0 Å². The van der Waals surface area contributed by atoms with Gasteiger partial charge in [-0.3, -0.25) is 4.90 Å². The van der Waals surface area contributed by atoms with E-state index in [1.165, 1.54) is 19.5 Å². The summed E-state index contributed by atoms with van der Waals surface area (Å²) in [4.78, 5) is 16.2. The van der Waals surface area contributed by atoms with Crippen molar-refractivity contribution in [1.29, 1.82) is 0 Å². The zero-order chi connectivity index (χ0) is 13.8. The first kappa shape index (κ1) is 14.6. The monoisotopic (exact) mass is 268 g/mol. The highest BCUT2D eigenvalue weighted by atomic mass is 16.6. The first-order chi connectivity index (χ1) is 9.10. The second-order valence-electron chi connectivity index (χ2n) is 6.32. The second kappa shape index (κ2) is 6.60.